The molecule has 0 spiro atoms. The molecule has 3 aromatic rings. The number of aryl methyl sites for hydroxylation is 1. The Labute approximate surface area is 186 Å². The minimum atomic E-state index is 0.440. The third-order valence-electron chi connectivity index (χ3n) is 4.75. The van der Waals surface area contributed by atoms with Crippen molar-refractivity contribution in [1.82, 2.24) is 0 Å². The summed E-state index contributed by atoms with van der Waals surface area (Å²) in [5.41, 5.74) is 5.84. The molecule has 0 amide bonds. The van der Waals surface area contributed by atoms with Crippen molar-refractivity contribution in [2.45, 2.75) is 33.9 Å². The van der Waals surface area contributed by atoms with Gasteiger partial charge in [0.2, 0.25) is 0 Å². The van der Waals surface area contributed by atoms with Crippen LogP contribution in [0.4, 0.5) is 5.69 Å². The zero-order chi connectivity index (χ0) is 20.8. The lowest BCUT2D eigenvalue weighted by molar-refractivity contribution is 0.267. The van der Waals surface area contributed by atoms with Gasteiger partial charge in [-0.25, -0.2) is 0 Å². The molecule has 0 aliphatic heterocycles. The zero-order valence-electron chi connectivity index (χ0n) is 16.9. The van der Waals surface area contributed by atoms with Crippen LogP contribution in [0.5, 0.6) is 11.5 Å². The summed E-state index contributed by atoms with van der Waals surface area (Å²) in [5.74, 6) is 1.44. The van der Waals surface area contributed by atoms with Crippen LogP contribution in [0.2, 0.25) is 5.02 Å². The fourth-order valence-electron chi connectivity index (χ4n) is 3.00. The standard InChI is InChI=1S/C24H25BrClNO2/c1-4-28-23-13-19(14-27-22-7-5-6-16(2)17(22)3)12-21(25)24(23)29-15-18-8-10-20(26)11-9-18/h5-13,27H,4,14-15H2,1-3H3. The van der Waals surface area contributed by atoms with E-state index >= 15 is 0 Å². The van der Waals surface area contributed by atoms with E-state index in [4.69, 9.17) is 21.1 Å². The second-order valence-corrected chi connectivity index (χ2v) is 8.14. The van der Waals surface area contributed by atoms with Crippen LogP contribution < -0.4 is 14.8 Å². The Morgan fingerprint density at radius 3 is 2.45 bits per heavy atom. The Kier molecular flexibility index (Phi) is 7.45. The van der Waals surface area contributed by atoms with Crippen LogP contribution in [0.1, 0.15) is 29.2 Å². The fraction of sp³-hybridized carbons (Fsp3) is 0.250. The van der Waals surface area contributed by atoms with Crippen molar-refractivity contribution in [3.8, 4) is 11.5 Å². The number of ether oxygens (including phenoxy) is 2. The minimum Gasteiger partial charge on any atom is -0.490 e. The molecule has 3 aromatic carbocycles. The SMILES string of the molecule is CCOc1cc(CNc2cccc(C)c2C)cc(Br)c1OCc1ccc(Cl)cc1. The maximum absolute atomic E-state index is 6.06. The molecule has 0 fully saturated rings. The average molecular weight is 475 g/mol. The molecule has 5 heteroatoms. The Bertz CT molecular complexity index is 973. The number of anilines is 1. The lowest BCUT2D eigenvalue weighted by Gasteiger charge is -2.17. The molecule has 29 heavy (non-hydrogen) atoms. The summed E-state index contributed by atoms with van der Waals surface area (Å²) in [6.45, 7) is 7.93. The highest BCUT2D eigenvalue weighted by Gasteiger charge is 2.13. The minimum absolute atomic E-state index is 0.440. The number of nitrogens with one attached hydrogen (secondary N) is 1. The largest absolute Gasteiger partial charge is 0.490 e. The van der Waals surface area contributed by atoms with E-state index in [2.05, 4.69) is 59.4 Å². The number of hydrogen-bond acceptors (Lipinski definition) is 3. The van der Waals surface area contributed by atoms with Gasteiger partial charge >= 0.3 is 0 Å². The normalized spacial score (nSPS) is 10.7. The molecule has 0 aliphatic carbocycles. The summed E-state index contributed by atoms with van der Waals surface area (Å²) in [6, 6.07) is 18.0. The highest BCUT2D eigenvalue weighted by Crippen LogP contribution is 2.38. The summed E-state index contributed by atoms with van der Waals surface area (Å²) in [4.78, 5) is 0. The first kappa shape index (κ1) is 21.5. The van der Waals surface area contributed by atoms with Crippen LogP contribution in [-0.2, 0) is 13.2 Å². The van der Waals surface area contributed by atoms with Crippen molar-refractivity contribution in [2.75, 3.05) is 11.9 Å². The molecular weight excluding hydrogens is 450 g/mol. The van der Waals surface area contributed by atoms with Gasteiger partial charge in [0.15, 0.2) is 11.5 Å². The fourth-order valence-corrected chi connectivity index (χ4v) is 3.73. The monoisotopic (exact) mass is 473 g/mol. The second-order valence-electron chi connectivity index (χ2n) is 6.85. The van der Waals surface area contributed by atoms with Crippen LogP contribution in [-0.4, -0.2) is 6.61 Å². The van der Waals surface area contributed by atoms with E-state index < -0.39 is 0 Å². The van der Waals surface area contributed by atoms with Gasteiger partial charge in [0.05, 0.1) is 11.1 Å². The molecule has 3 rings (SSSR count). The average Bonchev–Trinajstić information content (AvgIpc) is 2.70. The van der Waals surface area contributed by atoms with E-state index in [0.29, 0.717) is 30.5 Å². The number of halogens is 2. The van der Waals surface area contributed by atoms with Gasteiger partial charge in [0.1, 0.15) is 6.61 Å². The molecule has 0 heterocycles. The first-order chi connectivity index (χ1) is 14.0. The highest BCUT2D eigenvalue weighted by molar-refractivity contribution is 9.10. The van der Waals surface area contributed by atoms with Crippen molar-refractivity contribution >= 4 is 33.2 Å². The Morgan fingerprint density at radius 2 is 1.72 bits per heavy atom. The number of rotatable bonds is 8. The van der Waals surface area contributed by atoms with E-state index in [0.717, 1.165) is 27.0 Å². The molecule has 0 aromatic heterocycles. The molecule has 0 aliphatic rings. The number of benzene rings is 3. The summed E-state index contributed by atoms with van der Waals surface area (Å²) in [7, 11) is 0. The Hall–Kier alpha value is -2.17. The first-order valence-corrected chi connectivity index (χ1v) is 10.8. The zero-order valence-corrected chi connectivity index (χ0v) is 19.2. The lowest BCUT2D eigenvalue weighted by atomic mass is 10.1. The Balaban J connectivity index is 1.76. The summed E-state index contributed by atoms with van der Waals surface area (Å²) in [6.07, 6.45) is 0. The van der Waals surface area contributed by atoms with Crippen molar-refractivity contribution in [1.29, 1.82) is 0 Å². The van der Waals surface area contributed by atoms with Crippen molar-refractivity contribution < 1.29 is 9.47 Å². The van der Waals surface area contributed by atoms with Crippen molar-refractivity contribution in [3.63, 3.8) is 0 Å². The van der Waals surface area contributed by atoms with Crippen LogP contribution in [0, 0.1) is 13.8 Å². The van der Waals surface area contributed by atoms with Crippen molar-refractivity contribution in [3.05, 3.63) is 86.3 Å². The maximum atomic E-state index is 6.06. The van der Waals surface area contributed by atoms with Gasteiger partial charge in [-0.1, -0.05) is 35.9 Å². The summed E-state index contributed by atoms with van der Waals surface area (Å²) in [5, 5.41) is 4.23. The van der Waals surface area contributed by atoms with Crippen LogP contribution in [0.3, 0.4) is 0 Å². The third-order valence-corrected chi connectivity index (χ3v) is 5.59. The van der Waals surface area contributed by atoms with Crippen LogP contribution in [0.15, 0.2) is 59.1 Å². The van der Waals surface area contributed by atoms with Crippen molar-refractivity contribution in [2.24, 2.45) is 0 Å². The van der Waals surface area contributed by atoms with Gasteiger partial charge < -0.3 is 14.8 Å². The maximum Gasteiger partial charge on any atom is 0.175 e. The Morgan fingerprint density at radius 1 is 0.966 bits per heavy atom. The van der Waals surface area contributed by atoms with Gasteiger partial charge in [-0.2, -0.15) is 0 Å². The van der Waals surface area contributed by atoms with Gasteiger partial charge in [-0.05, 0) is 89.3 Å². The molecular formula is C24H25BrClNO2. The molecule has 0 bridgehead atoms. The van der Waals surface area contributed by atoms with E-state index in [1.165, 1.54) is 11.1 Å². The first-order valence-electron chi connectivity index (χ1n) is 9.60. The molecule has 3 nitrogen and oxygen atoms in total. The predicted octanol–water partition coefficient (Wildman–Crippen LogP) is 7.31. The van der Waals surface area contributed by atoms with E-state index in [-0.39, 0.29) is 0 Å². The van der Waals surface area contributed by atoms with E-state index in [1.807, 2.05) is 37.3 Å². The topological polar surface area (TPSA) is 30.5 Å². The summed E-state index contributed by atoms with van der Waals surface area (Å²) < 4.78 is 12.8. The van der Waals surface area contributed by atoms with Gasteiger partial charge in [-0.3, -0.25) is 0 Å². The second kappa shape index (κ2) is 10.0. The van der Waals surface area contributed by atoms with Gasteiger partial charge in [0.25, 0.3) is 0 Å². The van der Waals surface area contributed by atoms with Crippen LogP contribution in [0.25, 0.3) is 0 Å². The lowest BCUT2D eigenvalue weighted by Crippen LogP contribution is -2.05. The molecule has 0 saturated heterocycles. The highest BCUT2D eigenvalue weighted by atomic mass is 79.9. The number of hydrogen-bond donors (Lipinski definition) is 1. The third kappa shape index (κ3) is 5.68. The molecule has 0 saturated carbocycles. The van der Waals surface area contributed by atoms with E-state index in [1.54, 1.807) is 0 Å². The molecule has 152 valence electrons. The summed E-state index contributed by atoms with van der Waals surface area (Å²) >= 11 is 9.61. The quantitative estimate of drug-likeness (QED) is 0.371. The van der Waals surface area contributed by atoms with E-state index in [9.17, 15) is 0 Å². The molecule has 0 unspecified atom stereocenters. The van der Waals surface area contributed by atoms with Gasteiger partial charge in [0, 0.05) is 17.3 Å². The molecule has 0 radical (unpaired) electrons. The predicted molar refractivity (Wildman–Crippen MR) is 124 cm³/mol. The van der Waals surface area contributed by atoms with Gasteiger partial charge in [-0.15, -0.1) is 0 Å². The molecule has 1 N–H and O–H groups in total. The smallest absolute Gasteiger partial charge is 0.175 e. The van der Waals surface area contributed by atoms with Crippen LogP contribution >= 0.6 is 27.5 Å². The molecule has 0 atom stereocenters.